The number of fused-ring (bicyclic) bond motifs is 1. The van der Waals surface area contributed by atoms with Crippen LogP contribution in [0.3, 0.4) is 0 Å². The molecule has 0 spiro atoms. The molecule has 2 aliphatic rings. The zero-order chi connectivity index (χ0) is 21.8. The third-order valence-electron chi connectivity index (χ3n) is 6.51. The van der Waals surface area contributed by atoms with E-state index in [1.807, 2.05) is 19.9 Å². The number of hydrogen-bond acceptors (Lipinski definition) is 6. The van der Waals surface area contributed by atoms with Crippen LogP contribution in [-0.4, -0.2) is 41.0 Å². The van der Waals surface area contributed by atoms with Gasteiger partial charge < -0.3 is 26.1 Å². The molecule has 4 rings (SSSR count). The summed E-state index contributed by atoms with van der Waals surface area (Å²) in [7, 11) is 1.55. The molecule has 2 fully saturated rings. The summed E-state index contributed by atoms with van der Waals surface area (Å²) >= 11 is 0. The van der Waals surface area contributed by atoms with Crippen LogP contribution < -0.4 is 32.5 Å². The summed E-state index contributed by atoms with van der Waals surface area (Å²) in [6.45, 7) is 12.6. The topological polar surface area (TPSA) is 113 Å². The average molecular weight is 412 g/mol. The Labute approximate surface area is 174 Å². The van der Waals surface area contributed by atoms with Gasteiger partial charge in [-0.25, -0.2) is 11.4 Å². The van der Waals surface area contributed by atoms with E-state index in [9.17, 15) is 9.59 Å². The van der Waals surface area contributed by atoms with E-state index < -0.39 is 16.8 Å². The monoisotopic (exact) mass is 412 g/mol. The fourth-order valence-corrected chi connectivity index (χ4v) is 4.47. The van der Waals surface area contributed by atoms with E-state index in [2.05, 4.69) is 9.74 Å². The Balaban J connectivity index is 1.81. The molecule has 1 aromatic heterocycles. The lowest BCUT2D eigenvalue weighted by molar-refractivity contribution is 0.355. The summed E-state index contributed by atoms with van der Waals surface area (Å²) in [6.07, 6.45) is 2.60. The second-order valence-corrected chi connectivity index (χ2v) is 8.86. The minimum absolute atomic E-state index is 0.0266. The van der Waals surface area contributed by atoms with Crippen molar-refractivity contribution in [3.05, 3.63) is 44.4 Å². The van der Waals surface area contributed by atoms with Gasteiger partial charge in [-0.3, -0.25) is 9.36 Å². The van der Waals surface area contributed by atoms with Gasteiger partial charge in [0, 0.05) is 38.9 Å². The van der Waals surface area contributed by atoms with E-state index in [0.717, 1.165) is 31.5 Å². The number of rotatable bonds is 5. The van der Waals surface area contributed by atoms with Crippen LogP contribution in [-0.2, 0) is 0 Å². The molecule has 30 heavy (non-hydrogen) atoms. The van der Waals surface area contributed by atoms with Crippen molar-refractivity contribution in [1.82, 2.24) is 9.24 Å². The summed E-state index contributed by atoms with van der Waals surface area (Å²) in [5.41, 5.74) is 6.06. The maximum absolute atomic E-state index is 12.8. The van der Waals surface area contributed by atoms with E-state index in [4.69, 9.17) is 22.9 Å². The number of aromatic nitrogens is 2. The van der Waals surface area contributed by atoms with Crippen LogP contribution in [0.1, 0.15) is 39.2 Å². The molecule has 4 N–H and O–H groups in total. The Morgan fingerprint density at radius 1 is 1.27 bits per heavy atom. The molecule has 2 heterocycles. The van der Waals surface area contributed by atoms with Crippen molar-refractivity contribution in [3.63, 3.8) is 0 Å². The number of nitrogens with two attached hydrogens (primary N) is 2. The molecule has 2 atom stereocenters. The predicted molar refractivity (Wildman–Crippen MR) is 116 cm³/mol. The van der Waals surface area contributed by atoms with Gasteiger partial charge in [0.2, 0.25) is 5.54 Å². The summed E-state index contributed by atoms with van der Waals surface area (Å²) in [4.78, 5) is 31.3. The van der Waals surface area contributed by atoms with Gasteiger partial charge >= 0.3 is 5.69 Å². The zero-order valence-corrected chi connectivity index (χ0v) is 17.6. The van der Waals surface area contributed by atoms with Gasteiger partial charge in [0.05, 0.1) is 24.2 Å². The molecule has 1 aromatic carbocycles. The molecule has 2 unspecified atom stereocenters. The first-order valence-corrected chi connectivity index (χ1v) is 10.2. The number of ether oxygens (including phenoxy) is 1. The van der Waals surface area contributed by atoms with Gasteiger partial charge in [-0.1, -0.05) is 0 Å². The number of hydrogen-bond donors (Lipinski definition) is 2. The number of nitrogens with zero attached hydrogens (tertiary/aromatic N) is 4. The van der Waals surface area contributed by atoms with Gasteiger partial charge in [0.25, 0.3) is 5.56 Å². The molecule has 1 aliphatic carbocycles. The first kappa shape index (κ1) is 20.3. The maximum Gasteiger partial charge on any atom is 0.350 e. The maximum atomic E-state index is 12.8. The Hall–Kier alpha value is -2.99. The average Bonchev–Trinajstić information content (AvgIpc) is 3.45. The predicted octanol–water partition coefficient (Wildman–Crippen LogP) is 1.07. The van der Waals surface area contributed by atoms with Crippen molar-refractivity contribution in [1.29, 1.82) is 0 Å². The Bertz CT molecular complexity index is 1150. The smallest absolute Gasteiger partial charge is 0.350 e. The second-order valence-electron chi connectivity index (χ2n) is 8.86. The first-order chi connectivity index (χ1) is 14.2. The Morgan fingerprint density at radius 2 is 1.97 bits per heavy atom. The van der Waals surface area contributed by atoms with Crippen molar-refractivity contribution in [2.75, 3.05) is 30.9 Å². The summed E-state index contributed by atoms with van der Waals surface area (Å²) in [5.74, 6) is 6.42. The molecule has 0 amide bonds. The minimum Gasteiger partial charge on any atom is -0.492 e. The van der Waals surface area contributed by atoms with Gasteiger partial charge in [-0.05, 0) is 31.4 Å². The SMILES string of the molecule is [C-]#[N+]C(C)(C)C(N)C1CCN(c2ccc3c(=O)n(N)c(=O)n(C4CC4)c3c2OC)C1. The highest BCUT2D eigenvalue weighted by Gasteiger charge is 2.41. The van der Waals surface area contributed by atoms with Crippen LogP contribution in [0.25, 0.3) is 15.7 Å². The lowest BCUT2D eigenvalue weighted by Crippen LogP contribution is -2.47. The molecular formula is C21H28N6O3. The number of methoxy groups -OCH3 is 1. The number of nitrogen functional groups attached to an aromatic ring is 1. The van der Waals surface area contributed by atoms with Gasteiger partial charge in [-0.2, -0.15) is 4.68 Å². The molecule has 9 nitrogen and oxygen atoms in total. The van der Waals surface area contributed by atoms with Crippen molar-refractivity contribution in [2.24, 2.45) is 11.7 Å². The molecule has 1 aliphatic heterocycles. The van der Waals surface area contributed by atoms with Crippen LogP contribution in [0.4, 0.5) is 5.69 Å². The van der Waals surface area contributed by atoms with E-state index in [1.165, 1.54) is 0 Å². The van der Waals surface area contributed by atoms with Crippen LogP contribution in [0.15, 0.2) is 21.7 Å². The Kier molecular flexibility index (Phi) is 4.77. The van der Waals surface area contributed by atoms with E-state index in [1.54, 1.807) is 17.7 Å². The van der Waals surface area contributed by atoms with Crippen molar-refractivity contribution in [2.45, 2.75) is 50.7 Å². The quantitative estimate of drug-likeness (QED) is 0.561. The highest BCUT2D eigenvalue weighted by atomic mass is 16.5. The lowest BCUT2D eigenvalue weighted by Gasteiger charge is -2.27. The second kappa shape index (κ2) is 7.06. The number of anilines is 1. The molecular weight excluding hydrogens is 384 g/mol. The summed E-state index contributed by atoms with van der Waals surface area (Å²) < 4.78 is 8.03. The summed E-state index contributed by atoms with van der Waals surface area (Å²) in [6, 6.07) is 3.34. The molecule has 1 saturated carbocycles. The van der Waals surface area contributed by atoms with Crippen molar-refractivity contribution in [3.8, 4) is 5.75 Å². The van der Waals surface area contributed by atoms with Crippen molar-refractivity contribution < 1.29 is 4.74 Å². The third kappa shape index (κ3) is 3.03. The summed E-state index contributed by atoms with van der Waals surface area (Å²) in [5, 5.41) is 0.367. The van der Waals surface area contributed by atoms with Gasteiger partial charge in [0.15, 0.2) is 5.75 Å². The van der Waals surface area contributed by atoms with E-state index in [0.29, 0.717) is 27.9 Å². The lowest BCUT2D eigenvalue weighted by atomic mass is 9.85. The normalized spacial score (nSPS) is 20.4. The van der Waals surface area contributed by atoms with Crippen LogP contribution in [0, 0.1) is 12.5 Å². The van der Waals surface area contributed by atoms with Crippen LogP contribution >= 0.6 is 0 Å². The molecule has 1 saturated heterocycles. The van der Waals surface area contributed by atoms with Crippen LogP contribution in [0.5, 0.6) is 5.75 Å². The largest absolute Gasteiger partial charge is 0.492 e. The zero-order valence-electron chi connectivity index (χ0n) is 17.6. The van der Waals surface area contributed by atoms with E-state index in [-0.39, 0.29) is 18.0 Å². The molecule has 160 valence electrons. The Morgan fingerprint density at radius 3 is 2.57 bits per heavy atom. The third-order valence-corrected chi connectivity index (χ3v) is 6.51. The first-order valence-electron chi connectivity index (χ1n) is 10.2. The van der Waals surface area contributed by atoms with Gasteiger partial charge in [-0.15, -0.1) is 0 Å². The highest BCUT2D eigenvalue weighted by Crippen LogP contribution is 2.42. The molecule has 0 bridgehead atoms. The standard InChI is InChI=1S/C21H28N6O3/c1-21(2,24-3)18(22)12-9-10-25(11-12)15-8-7-14-16(17(15)30-4)26(13-5-6-13)20(29)27(23)19(14)28/h7-8,12-13,18H,5-6,9-11,22-23H2,1-2,4H3. The fourth-order valence-electron chi connectivity index (χ4n) is 4.47. The molecule has 0 radical (unpaired) electrons. The van der Waals surface area contributed by atoms with E-state index >= 15 is 0 Å². The number of benzene rings is 1. The fraction of sp³-hybridized carbons (Fsp3) is 0.571. The van der Waals surface area contributed by atoms with Crippen molar-refractivity contribution >= 4 is 16.6 Å². The molecule has 9 heteroatoms. The van der Waals surface area contributed by atoms with Crippen LogP contribution in [0.2, 0.25) is 0 Å². The minimum atomic E-state index is -0.632. The molecule has 2 aromatic rings. The van der Waals surface area contributed by atoms with Gasteiger partial charge in [0.1, 0.15) is 5.52 Å². The highest BCUT2D eigenvalue weighted by molar-refractivity contribution is 5.90.